The molecule has 1 aromatic rings. The van der Waals surface area contributed by atoms with Gasteiger partial charge in [-0.3, -0.25) is 0 Å². The highest BCUT2D eigenvalue weighted by Crippen LogP contribution is 2.23. The third kappa shape index (κ3) is 4.47. The Morgan fingerprint density at radius 3 is 2.23 bits per heavy atom. The zero-order valence-corrected chi connectivity index (χ0v) is 13.1. The number of phenolic OH excluding ortho intramolecular Hbond substituents is 1. The number of phenols is 1. The lowest BCUT2D eigenvalue weighted by atomic mass is 10.1. The van der Waals surface area contributed by atoms with Crippen molar-refractivity contribution in [1.29, 1.82) is 0 Å². The van der Waals surface area contributed by atoms with Crippen molar-refractivity contribution < 1.29 is 5.11 Å². The molecule has 1 N–H and O–H groups in total. The van der Waals surface area contributed by atoms with Gasteiger partial charge in [0.2, 0.25) is 0 Å². The number of rotatable bonds is 3. The molecule has 0 saturated heterocycles. The van der Waals surface area contributed by atoms with Crippen LogP contribution in [-0.2, 0) is 6.42 Å². The minimum absolute atomic E-state index is 0.328. The van der Waals surface area contributed by atoms with E-state index in [1.54, 1.807) is 12.1 Å². The summed E-state index contributed by atoms with van der Waals surface area (Å²) in [6, 6.07) is 7.36. The molecule has 0 heterocycles. The fourth-order valence-corrected chi connectivity index (χ4v) is 1.80. The van der Waals surface area contributed by atoms with Gasteiger partial charge in [-0.2, -0.15) is 1.33 Å². The number of aromatic hydroxyl groups is 1. The molecule has 0 bridgehead atoms. The van der Waals surface area contributed by atoms with Crippen LogP contribution in [0, 0.1) is 0 Å². The Hall–Kier alpha value is 1.17. The first-order chi connectivity index (χ1) is 6.09. The Bertz CT molecular complexity index is 263. The molecule has 1 rings (SSSR count). The van der Waals surface area contributed by atoms with Gasteiger partial charge in [0.05, 0.1) is 4.05 Å². The highest BCUT2D eigenvalue weighted by atomic mass is 127. The Morgan fingerprint density at radius 1 is 1.23 bits per heavy atom. The molecule has 1 unspecified atom stereocenters. The van der Waals surface area contributed by atoms with Gasteiger partial charge in [0, 0.05) is 45.7 Å². The van der Waals surface area contributed by atoms with E-state index in [1.165, 1.54) is 5.56 Å². The summed E-state index contributed by atoms with van der Waals surface area (Å²) in [7, 11) is 0. The Labute approximate surface area is 119 Å². The lowest BCUT2D eigenvalue weighted by molar-refractivity contribution is 0.475. The summed E-state index contributed by atoms with van der Waals surface area (Å²) < 4.78 is 2.59. The van der Waals surface area contributed by atoms with E-state index in [9.17, 15) is 0 Å². The molecule has 0 saturated carbocycles. The second kappa shape index (κ2) is 5.91. The summed E-state index contributed by atoms with van der Waals surface area (Å²) in [5.74, 6) is 0.328. The fourth-order valence-electron chi connectivity index (χ4n) is 0.896. The van der Waals surface area contributed by atoms with E-state index in [4.69, 9.17) is 5.11 Å². The maximum atomic E-state index is 9.08. The maximum Gasteiger partial charge on any atom is 0.115 e. The van der Waals surface area contributed by atoms with E-state index in [1.807, 2.05) is 12.1 Å². The van der Waals surface area contributed by atoms with Crippen LogP contribution in [0.15, 0.2) is 24.3 Å². The Kier molecular flexibility index (Phi) is 5.56. The number of hydrogen-bond acceptors (Lipinski definition) is 2. The molecule has 0 fully saturated rings. The van der Waals surface area contributed by atoms with Crippen LogP contribution in [0.2, 0.25) is 0 Å². The second-order valence-corrected chi connectivity index (χ2v) is 7.93. The van der Waals surface area contributed by atoms with E-state index in [-0.39, 0.29) is 0 Å². The lowest BCUT2D eigenvalue weighted by Gasteiger charge is -2.13. The lowest BCUT2D eigenvalue weighted by Crippen LogP contribution is -2.12. The number of halogens is 3. The van der Waals surface area contributed by atoms with Gasteiger partial charge >= 0.3 is 0 Å². The first-order valence-electron chi connectivity index (χ1n) is 3.62. The first kappa shape index (κ1) is 12.2. The molecule has 72 valence electrons. The van der Waals surface area contributed by atoms with E-state index < -0.39 is 0 Å². The molecule has 1 aromatic carbocycles. The minimum Gasteiger partial charge on any atom is -0.508 e. The predicted octanol–water partition coefficient (Wildman–Crippen LogP) is 3.70. The molecule has 0 aliphatic carbocycles. The molecule has 0 aliphatic heterocycles. The molecule has 0 radical (unpaired) electrons. The van der Waals surface area contributed by atoms with Crippen LogP contribution in [0.4, 0.5) is 0 Å². The largest absolute Gasteiger partial charge is 0.508 e. The molecular formula is C8H8I3NO. The van der Waals surface area contributed by atoms with Crippen molar-refractivity contribution in [3.8, 4) is 5.75 Å². The minimum atomic E-state index is 0.328. The van der Waals surface area contributed by atoms with Gasteiger partial charge in [-0.05, 0) is 24.1 Å². The van der Waals surface area contributed by atoms with E-state index in [0.29, 0.717) is 9.80 Å². The van der Waals surface area contributed by atoms with Gasteiger partial charge in [-0.25, -0.2) is 0 Å². The number of nitrogens with zero attached hydrogens (tertiary/aromatic N) is 1. The van der Waals surface area contributed by atoms with E-state index in [0.717, 1.165) is 6.42 Å². The van der Waals surface area contributed by atoms with Gasteiger partial charge in [-0.15, -0.1) is 0 Å². The van der Waals surface area contributed by atoms with Crippen LogP contribution in [0.5, 0.6) is 5.75 Å². The van der Waals surface area contributed by atoms with Crippen LogP contribution < -0.4 is 0 Å². The monoisotopic (exact) mass is 515 g/mol. The average Bonchev–Trinajstić information content (AvgIpc) is 2.08. The fraction of sp³-hybridized carbons (Fsp3) is 0.250. The second-order valence-electron chi connectivity index (χ2n) is 2.56. The van der Waals surface area contributed by atoms with Crippen molar-refractivity contribution in [3.63, 3.8) is 0 Å². The molecule has 1 atom stereocenters. The molecule has 0 aliphatic rings. The highest BCUT2D eigenvalue weighted by molar-refractivity contribution is 14.2. The van der Waals surface area contributed by atoms with Crippen molar-refractivity contribution in [1.82, 2.24) is 1.33 Å². The van der Waals surface area contributed by atoms with Crippen LogP contribution >= 0.6 is 68.3 Å². The summed E-state index contributed by atoms with van der Waals surface area (Å²) in [5, 5.41) is 9.08. The molecule has 0 amide bonds. The predicted molar refractivity (Wildman–Crippen MR) is 79.5 cm³/mol. The van der Waals surface area contributed by atoms with Crippen molar-refractivity contribution in [2.24, 2.45) is 0 Å². The summed E-state index contributed by atoms with van der Waals surface area (Å²) in [6.07, 6.45) is 0.993. The normalized spacial score (nSPS) is 13.2. The van der Waals surface area contributed by atoms with Gasteiger partial charge in [0.1, 0.15) is 5.75 Å². The SMILES string of the molecule is Oc1ccc(CC(I)N(I)I)cc1. The summed E-state index contributed by atoms with van der Waals surface area (Å²) in [6.45, 7) is 0. The molecule has 2 nitrogen and oxygen atoms in total. The smallest absolute Gasteiger partial charge is 0.115 e. The quantitative estimate of drug-likeness (QED) is 0.288. The van der Waals surface area contributed by atoms with Crippen molar-refractivity contribution in [3.05, 3.63) is 29.8 Å². The number of alkyl halides is 1. The number of hydrogen-bond donors (Lipinski definition) is 1. The third-order valence-corrected chi connectivity index (χ3v) is 6.03. The van der Waals surface area contributed by atoms with E-state index in [2.05, 4.69) is 69.6 Å². The van der Waals surface area contributed by atoms with Crippen molar-refractivity contribution in [2.75, 3.05) is 0 Å². The van der Waals surface area contributed by atoms with Gasteiger partial charge < -0.3 is 5.11 Å². The van der Waals surface area contributed by atoms with Gasteiger partial charge in [0.15, 0.2) is 0 Å². The maximum absolute atomic E-state index is 9.08. The van der Waals surface area contributed by atoms with Crippen LogP contribution in [0.1, 0.15) is 5.56 Å². The van der Waals surface area contributed by atoms with Gasteiger partial charge in [0.25, 0.3) is 0 Å². The molecule has 5 heteroatoms. The van der Waals surface area contributed by atoms with Crippen LogP contribution in [0.3, 0.4) is 0 Å². The van der Waals surface area contributed by atoms with Crippen LogP contribution in [-0.4, -0.2) is 10.5 Å². The zero-order valence-electron chi connectivity index (χ0n) is 6.62. The van der Waals surface area contributed by atoms with Crippen molar-refractivity contribution in [2.45, 2.75) is 10.5 Å². The average molecular weight is 515 g/mol. The Morgan fingerprint density at radius 2 is 1.77 bits per heavy atom. The molecule has 13 heavy (non-hydrogen) atoms. The van der Waals surface area contributed by atoms with Crippen molar-refractivity contribution >= 4 is 68.3 Å². The first-order valence-corrected chi connectivity index (χ1v) is 6.80. The third-order valence-electron chi connectivity index (χ3n) is 1.55. The standard InChI is InChI=1S/C8H8I3NO/c9-8(12(10)11)5-6-1-3-7(13)4-2-6/h1-4,8,13H,5H2. The van der Waals surface area contributed by atoms with Gasteiger partial charge in [-0.1, -0.05) is 34.7 Å². The zero-order chi connectivity index (χ0) is 9.84. The molecule has 0 spiro atoms. The molecule has 0 aromatic heterocycles. The van der Waals surface area contributed by atoms with Crippen LogP contribution in [0.25, 0.3) is 0 Å². The summed E-state index contributed by atoms with van der Waals surface area (Å²) in [4.78, 5) is 0. The Balaban J connectivity index is 2.59. The summed E-state index contributed by atoms with van der Waals surface area (Å²) >= 11 is 6.92. The highest BCUT2D eigenvalue weighted by Gasteiger charge is 2.09. The summed E-state index contributed by atoms with van der Waals surface area (Å²) in [5.41, 5.74) is 1.25. The number of benzene rings is 1. The molecular weight excluding hydrogens is 507 g/mol. The topological polar surface area (TPSA) is 23.5 Å². The van der Waals surface area contributed by atoms with E-state index >= 15 is 0 Å².